The third-order valence-corrected chi connectivity index (χ3v) is 1.98. The van der Waals surface area contributed by atoms with Crippen LogP contribution in [-0.2, 0) is 0 Å². The van der Waals surface area contributed by atoms with Gasteiger partial charge in [0.2, 0.25) is 5.76 Å². The Bertz CT molecular complexity index is 361. The summed E-state index contributed by atoms with van der Waals surface area (Å²) in [6.45, 7) is 3.43. The summed E-state index contributed by atoms with van der Waals surface area (Å²) in [5, 5.41) is 6.16. The van der Waals surface area contributed by atoms with E-state index in [0.29, 0.717) is 5.69 Å². The Balaban J connectivity index is 2.63. The van der Waals surface area contributed by atoms with Gasteiger partial charge in [-0.05, 0) is 13.8 Å². The lowest BCUT2D eigenvalue weighted by Crippen LogP contribution is -2.41. The molecule has 0 spiro atoms. The number of nitrogens with two attached hydrogens (primary N) is 1. The summed E-state index contributed by atoms with van der Waals surface area (Å²) in [7, 11) is 0. The predicted octanol–water partition coefficient (Wildman–Crippen LogP) is 0.387. The van der Waals surface area contributed by atoms with Crippen LogP contribution in [0.25, 0.3) is 0 Å². The van der Waals surface area contributed by atoms with Crippen LogP contribution in [0.1, 0.15) is 23.2 Å². The maximum absolute atomic E-state index is 11.4. The van der Waals surface area contributed by atoms with Crippen molar-refractivity contribution in [3.8, 4) is 0 Å². The zero-order valence-corrected chi connectivity index (χ0v) is 8.72. The van der Waals surface area contributed by atoms with E-state index in [1.807, 2.05) is 0 Å². The Kier molecular flexibility index (Phi) is 3.19. The zero-order valence-electron chi connectivity index (χ0n) is 7.90. The number of carbonyl (C=O) groups excluding carboxylic acids is 1. The third-order valence-electron chi connectivity index (χ3n) is 1.63. The average molecular weight is 213 g/mol. The molecule has 1 amide bonds. The van der Waals surface area contributed by atoms with Gasteiger partial charge in [0.15, 0.2) is 0 Å². The molecule has 3 N–H and O–H groups in total. The van der Waals surface area contributed by atoms with Gasteiger partial charge in [-0.15, -0.1) is 0 Å². The lowest BCUT2D eigenvalue weighted by Gasteiger charge is -2.09. The standard InChI is InChI=1S/C8H11N3O2S/c1-4-3-6(13-11-4)8(12)10-5(2)7(9)14/h3,5H,1-2H3,(H2,9,14)(H,10,12). The van der Waals surface area contributed by atoms with E-state index in [9.17, 15) is 4.79 Å². The van der Waals surface area contributed by atoms with Gasteiger partial charge >= 0.3 is 0 Å². The van der Waals surface area contributed by atoms with Gasteiger partial charge in [-0.3, -0.25) is 4.79 Å². The molecule has 0 bridgehead atoms. The van der Waals surface area contributed by atoms with Gasteiger partial charge in [-0.25, -0.2) is 0 Å². The molecule has 1 rings (SSSR count). The molecule has 6 heteroatoms. The molecule has 5 nitrogen and oxygen atoms in total. The van der Waals surface area contributed by atoms with Crippen LogP contribution in [0, 0.1) is 6.92 Å². The molecule has 0 aliphatic carbocycles. The summed E-state index contributed by atoms with van der Waals surface area (Å²) in [5.41, 5.74) is 5.99. The second-order valence-corrected chi connectivity index (χ2v) is 3.40. The minimum Gasteiger partial charge on any atom is -0.392 e. The van der Waals surface area contributed by atoms with E-state index >= 15 is 0 Å². The number of hydrogen-bond acceptors (Lipinski definition) is 4. The van der Waals surface area contributed by atoms with Crippen LogP contribution in [0.2, 0.25) is 0 Å². The first-order valence-electron chi connectivity index (χ1n) is 4.04. The van der Waals surface area contributed by atoms with Gasteiger partial charge in [-0.1, -0.05) is 17.4 Å². The van der Waals surface area contributed by atoms with Crippen molar-refractivity contribution in [2.75, 3.05) is 0 Å². The van der Waals surface area contributed by atoms with Crippen LogP contribution in [0.4, 0.5) is 0 Å². The fourth-order valence-electron chi connectivity index (χ4n) is 0.809. The normalized spacial score (nSPS) is 12.1. The first kappa shape index (κ1) is 10.6. The molecule has 76 valence electrons. The first-order chi connectivity index (χ1) is 6.50. The SMILES string of the molecule is Cc1cc(C(=O)NC(C)C(N)=S)on1. The van der Waals surface area contributed by atoms with E-state index in [1.165, 1.54) is 0 Å². The van der Waals surface area contributed by atoms with E-state index in [4.69, 9.17) is 22.5 Å². The van der Waals surface area contributed by atoms with Crippen LogP contribution >= 0.6 is 12.2 Å². The molecule has 0 saturated heterocycles. The summed E-state index contributed by atoms with van der Waals surface area (Å²) >= 11 is 4.71. The highest BCUT2D eigenvalue weighted by atomic mass is 32.1. The van der Waals surface area contributed by atoms with E-state index in [-0.39, 0.29) is 22.7 Å². The summed E-state index contributed by atoms with van der Waals surface area (Å²) in [6.07, 6.45) is 0. The third kappa shape index (κ3) is 2.53. The minimum atomic E-state index is -0.370. The van der Waals surface area contributed by atoms with Crippen molar-refractivity contribution >= 4 is 23.1 Å². The zero-order chi connectivity index (χ0) is 10.7. The molecular weight excluding hydrogens is 202 g/mol. The van der Waals surface area contributed by atoms with Gasteiger partial charge in [0.05, 0.1) is 16.7 Å². The lowest BCUT2D eigenvalue weighted by atomic mass is 10.3. The largest absolute Gasteiger partial charge is 0.392 e. The van der Waals surface area contributed by atoms with E-state index in [0.717, 1.165) is 0 Å². The Morgan fingerprint density at radius 1 is 1.79 bits per heavy atom. The first-order valence-corrected chi connectivity index (χ1v) is 4.45. The molecule has 0 aliphatic rings. The Morgan fingerprint density at radius 3 is 2.86 bits per heavy atom. The highest BCUT2D eigenvalue weighted by Crippen LogP contribution is 2.01. The Hall–Kier alpha value is -1.43. The second-order valence-electron chi connectivity index (χ2n) is 2.93. The molecular formula is C8H11N3O2S. The van der Waals surface area contributed by atoms with Crippen LogP contribution in [-0.4, -0.2) is 22.1 Å². The van der Waals surface area contributed by atoms with Gasteiger partial charge < -0.3 is 15.6 Å². The summed E-state index contributed by atoms with van der Waals surface area (Å²) in [6, 6.07) is 1.18. The van der Waals surface area contributed by atoms with E-state index in [1.54, 1.807) is 19.9 Å². The molecule has 1 unspecified atom stereocenters. The van der Waals surface area contributed by atoms with Crippen molar-refractivity contribution in [3.05, 3.63) is 17.5 Å². The van der Waals surface area contributed by atoms with Crippen molar-refractivity contribution in [1.29, 1.82) is 0 Å². The Labute approximate surface area is 86.6 Å². The van der Waals surface area contributed by atoms with Crippen LogP contribution < -0.4 is 11.1 Å². The predicted molar refractivity (Wildman–Crippen MR) is 55.0 cm³/mol. The summed E-state index contributed by atoms with van der Waals surface area (Å²) < 4.78 is 4.76. The number of aromatic nitrogens is 1. The van der Waals surface area contributed by atoms with Gasteiger partial charge in [0.25, 0.3) is 5.91 Å². The molecule has 0 fully saturated rings. The van der Waals surface area contributed by atoms with Gasteiger partial charge in [0, 0.05) is 6.07 Å². The van der Waals surface area contributed by atoms with Crippen LogP contribution in [0.5, 0.6) is 0 Å². The molecule has 0 radical (unpaired) electrons. The maximum atomic E-state index is 11.4. The number of thiocarbonyl (C=S) groups is 1. The monoisotopic (exact) mass is 213 g/mol. The topological polar surface area (TPSA) is 81.2 Å². The summed E-state index contributed by atoms with van der Waals surface area (Å²) in [5.74, 6) is -0.212. The van der Waals surface area contributed by atoms with Gasteiger partial charge in [0.1, 0.15) is 0 Å². The fraction of sp³-hybridized carbons (Fsp3) is 0.375. The van der Waals surface area contributed by atoms with Crippen molar-refractivity contribution in [1.82, 2.24) is 10.5 Å². The van der Waals surface area contributed by atoms with Crippen LogP contribution in [0.3, 0.4) is 0 Å². The molecule has 0 aromatic carbocycles. The van der Waals surface area contributed by atoms with Crippen molar-refractivity contribution in [2.24, 2.45) is 5.73 Å². The molecule has 1 aromatic heterocycles. The van der Waals surface area contributed by atoms with E-state index in [2.05, 4.69) is 10.5 Å². The van der Waals surface area contributed by atoms with Crippen LogP contribution in [0.15, 0.2) is 10.6 Å². The van der Waals surface area contributed by atoms with Crippen molar-refractivity contribution < 1.29 is 9.32 Å². The van der Waals surface area contributed by atoms with Crippen molar-refractivity contribution in [2.45, 2.75) is 19.9 Å². The number of amides is 1. The number of nitrogens with one attached hydrogen (secondary N) is 1. The number of nitrogens with zero attached hydrogens (tertiary/aromatic N) is 1. The van der Waals surface area contributed by atoms with E-state index < -0.39 is 0 Å². The molecule has 1 heterocycles. The molecule has 1 atom stereocenters. The number of rotatable bonds is 3. The van der Waals surface area contributed by atoms with Crippen molar-refractivity contribution in [3.63, 3.8) is 0 Å². The number of aryl methyl sites for hydroxylation is 1. The maximum Gasteiger partial charge on any atom is 0.290 e. The highest BCUT2D eigenvalue weighted by Gasteiger charge is 2.15. The highest BCUT2D eigenvalue weighted by molar-refractivity contribution is 7.80. The lowest BCUT2D eigenvalue weighted by molar-refractivity contribution is 0.0912. The number of carbonyl (C=O) groups is 1. The molecule has 0 saturated carbocycles. The fourth-order valence-corrected chi connectivity index (χ4v) is 0.868. The van der Waals surface area contributed by atoms with Gasteiger partial charge in [-0.2, -0.15) is 0 Å². The minimum absolute atomic E-state index is 0.158. The second kappa shape index (κ2) is 4.19. The molecule has 0 aliphatic heterocycles. The average Bonchev–Trinajstić information content (AvgIpc) is 2.51. The number of hydrogen-bond donors (Lipinski definition) is 2. The molecule has 14 heavy (non-hydrogen) atoms. The quantitative estimate of drug-likeness (QED) is 0.710. The molecule has 1 aromatic rings. The summed E-state index contributed by atoms with van der Waals surface area (Å²) in [4.78, 5) is 11.6. The smallest absolute Gasteiger partial charge is 0.290 e. The Morgan fingerprint density at radius 2 is 2.43 bits per heavy atom.